The van der Waals surface area contributed by atoms with Crippen LogP contribution in [0.1, 0.15) is 11.1 Å². The van der Waals surface area contributed by atoms with Crippen molar-refractivity contribution in [3.63, 3.8) is 0 Å². The molecule has 0 bridgehead atoms. The molecular formula is C12H6FN2+. The van der Waals surface area contributed by atoms with Crippen LogP contribution in [0.25, 0.3) is 27.3 Å². The van der Waals surface area contributed by atoms with E-state index in [1.54, 1.807) is 18.2 Å². The van der Waals surface area contributed by atoms with Crippen molar-refractivity contribution in [3.05, 3.63) is 52.5 Å². The molecule has 0 heterocycles. The Hall–Kier alpha value is -2.21. The number of diazo groups is 1. The van der Waals surface area contributed by atoms with E-state index in [9.17, 15) is 4.39 Å². The molecule has 1 aliphatic carbocycles. The minimum absolute atomic E-state index is 0.0294. The van der Waals surface area contributed by atoms with Gasteiger partial charge in [0, 0.05) is 10.9 Å². The molecule has 0 atom stereocenters. The summed E-state index contributed by atoms with van der Waals surface area (Å²) in [5, 5.41) is 10.6. The number of halogens is 1. The maximum Gasteiger partial charge on any atom is 0.428 e. The van der Waals surface area contributed by atoms with Gasteiger partial charge in [-0.05, 0) is 11.5 Å². The van der Waals surface area contributed by atoms with Gasteiger partial charge in [-0.25, -0.2) is 0 Å². The minimum atomic E-state index is -0.454. The fourth-order valence-electron chi connectivity index (χ4n) is 2.06. The molecule has 2 aromatic rings. The molecule has 15 heavy (non-hydrogen) atoms. The van der Waals surface area contributed by atoms with E-state index in [0.29, 0.717) is 11.1 Å². The van der Waals surface area contributed by atoms with Crippen molar-refractivity contribution in [2.45, 2.75) is 0 Å². The summed E-state index contributed by atoms with van der Waals surface area (Å²) in [5.41, 5.74) is 1.20. The van der Waals surface area contributed by atoms with Gasteiger partial charge in [0.1, 0.15) is 0 Å². The first-order valence-electron chi connectivity index (χ1n) is 4.60. The summed E-state index contributed by atoms with van der Waals surface area (Å²) in [6.07, 6.45) is 0. The molecule has 0 unspecified atom stereocenters. The van der Waals surface area contributed by atoms with Crippen molar-refractivity contribution in [1.29, 1.82) is 5.39 Å². The minimum Gasteiger partial charge on any atom is -0.197 e. The van der Waals surface area contributed by atoms with Gasteiger partial charge < -0.3 is 0 Å². The van der Waals surface area contributed by atoms with Crippen LogP contribution in [0.2, 0.25) is 0 Å². The van der Waals surface area contributed by atoms with E-state index in [-0.39, 0.29) is 5.70 Å². The molecule has 1 aliphatic rings. The molecule has 0 aromatic heterocycles. The number of hydrogen-bond donors (Lipinski definition) is 0. The molecule has 3 heteroatoms. The second kappa shape index (κ2) is 2.64. The second-order valence-electron chi connectivity index (χ2n) is 3.47. The molecule has 3 rings (SSSR count). The van der Waals surface area contributed by atoms with Gasteiger partial charge in [0.25, 0.3) is 0 Å². The van der Waals surface area contributed by atoms with Gasteiger partial charge in [0.05, 0.1) is 5.56 Å². The predicted octanol–water partition coefficient (Wildman–Crippen LogP) is 3.80. The van der Waals surface area contributed by atoms with E-state index in [4.69, 9.17) is 5.39 Å². The molecule has 0 saturated carbocycles. The largest absolute Gasteiger partial charge is 0.428 e. The van der Waals surface area contributed by atoms with Gasteiger partial charge in [-0.1, -0.05) is 30.3 Å². The van der Waals surface area contributed by atoms with E-state index < -0.39 is 5.83 Å². The van der Waals surface area contributed by atoms with Crippen molar-refractivity contribution in [2.24, 2.45) is 0 Å². The Morgan fingerprint density at radius 1 is 1.00 bits per heavy atom. The highest BCUT2D eigenvalue weighted by atomic mass is 19.1. The van der Waals surface area contributed by atoms with Gasteiger partial charge >= 0.3 is 5.70 Å². The van der Waals surface area contributed by atoms with Gasteiger partial charge in [-0.2, -0.15) is 4.39 Å². The zero-order chi connectivity index (χ0) is 10.4. The summed E-state index contributed by atoms with van der Waals surface area (Å²) < 4.78 is 13.8. The lowest BCUT2D eigenvalue weighted by molar-refractivity contribution is 0.766. The fraction of sp³-hybridized carbons (Fsp3) is 0. The van der Waals surface area contributed by atoms with Crippen molar-refractivity contribution < 1.29 is 4.39 Å². The van der Waals surface area contributed by atoms with E-state index >= 15 is 0 Å². The predicted molar refractivity (Wildman–Crippen MR) is 57.0 cm³/mol. The first-order valence-corrected chi connectivity index (χ1v) is 4.60. The molecule has 2 aromatic carbocycles. The summed E-state index contributed by atoms with van der Waals surface area (Å²) in [6, 6.07) is 10.9. The molecule has 2 nitrogen and oxygen atoms in total. The van der Waals surface area contributed by atoms with E-state index in [0.717, 1.165) is 10.8 Å². The number of rotatable bonds is 0. The highest BCUT2D eigenvalue weighted by Crippen LogP contribution is 2.42. The monoisotopic (exact) mass is 197 g/mol. The average molecular weight is 197 g/mol. The van der Waals surface area contributed by atoms with Crippen LogP contribution in [0, 0.1) is 5.39 Å². The summed E-state index contributed by atoms with van der Waals surface area (Å²) >= 11 is 0. The fourth-order valence-corrected chi connectivity index (χ4v) is 2.06. The third-order valence-electron chi connectivity index (χ3n) is 2.70. The van der Waals surface area contributed by atoms with Crippen LogP contribution in [0.3, 0.4) is 0 Å². The normalized spacial score (nSPS) is 13.3. The Morgan fingerprint density at radius 2 is 1.67 bits per heavy atom. The summed E-state index contributed by atoms with van der Waals surface area (Å²) in [4.78, 5) is 3.01. The van der Waals surface area contributed by atoms with E-state index in [1.165, 1.54) is 0 Å². The lowest BCUT2D eigenvalue weighted by atomic mass is 10.0. The van der Waals surface area contributed by atoms with Crippen molar-refractivity contribution >= 4 is 22.3 Å². The SMILES string of the molecule is N#[N+]C1=C(F)c2cccc3cccc1c23. The first-order chi connectivity index (χ1) is 7.33. The Kier molecular flexibility index (Phi) is 1.43. The Balaban J connectivity index is 2.57. The number of nitrogens with zero attached hydrogens (tertiary/aromatic N) is 2. The molecule has 70 valence electrons. The molecule has 0 N–H and O–H groups in total. The van der Waals surface area contributed by atoms with Crippen LogP contribution < -0.4 is 0 Å². The van der Waals surface area contributed by atoms with Crippen molar-refractivity contribution in [1.82, 2.24) is 0 Å². The first kappa shape index (κ1) is 8.13. The van der Waals surface area contributed by atoms with Crippen LogP contribution in [0.15, 0.2) is 36.4 Å². The van der Waals surface area contributed by atoms with Gasteiger partial charge in [0.2, 0.25) is 11.2 Å². The average Bonchev–Trinajstić information content (AvgIpc) is 2.55. The number of benzene rings is 2. The molecular weight excluding hydrogens is 191 g/mol. The third kappa shape index (κ3) is 0.882. The van der Waals surface area contributed by atoms with Crippen LogP contribution in [0.4, 0.5) is 4.39 Å². The quantitative estimate of drug-likeness (QED) is 0.590. The molecule has 0 radical (unpaired) electrons. The standard InChI is InChI=1S/C12H6FN2/c13-11-8-5-1-3-7-4-2-6-9(10(7)8)12(11)15-14/h1-6H/q+1. The molecule has 0 saturated heterocycles. The maximum absolute atomic E-state index is 13.8. The topological polar surface area (TPSA) is 28.1 Å². The Bertz CT molecular complexity index is 645. The number of hydrogen-bond acceptors (Lipinski definition) is 1. The summed E-state index contributed by atoms with van der Waals surface area (Å²) in [7, 11) is 0. The van der Waals surface area contributed by atoms with Gasteiger partial charge in [0.15, 0.2) is 4.98 Å². The van der Waals surface area contributed by atoms with E-state index in [1.807, 2.05) is 18.2 Å². The smallest absolute Gasteiger partial charge is 0.197 e. The van der Waals surface area contributed by atoms with Crippen molar-refractivity contribution in [2.75, 3.05) is 0 Å². The third-order valence-corrected chi connectivity index (χ3v) is 2.70. The zero-order valence-corrected chi connectivity index (χ0v) is 7.74. The van der Waals surface area contributed by atoms with Crippen LogP contribution >= 0.6 is 0 Å². The highest BCUT2D eigenvalue weighted by Gasteiger charge is 2.33. The van der Waals surface area contributed by atoms with Gasteiger partial charge in [-0.3, -0.25) is 0 Å². The van der Waals surface area contributed by atoms with Crippen molar-refractivity contribution in [3.8, 4) is 0 Å². The molecule has 0 spiro atoms. The second-order valence-corrected chi connectivity index (χ2v) is 3.47. The Morgan fingerprint density at radius 3 is 2.33 bits per heavy atom. The van der Waals surface area contributed by atoms with Crippen LogP contribution in [-0.2, 0) is 0 Å². The summed E-state index contributed by atoms with van der Waals surface area (Å²) in [6.45, 7) is 0. The summed E-state index contributed by atoms with van der Waals surface area (Å²) in [5.74, 6) is -0.454. The van der Waals surface area contributed by atoms with E-state index in [2.05, 4.69) is 4.98 Å². The molecule has 0 amide bonds. The maximum atomic E-state index is 13.8. The Labute approximate surface area is 85.3 Å². The lowest BCUT2D eigenvalue weighted by Crippen LogP contribution is -1.78. The lowest BCUT2D eigenvalue weighted by Gasteiger charge is -1.98. The molecule has 0 aliphatic heterocycles. The van der Waals surface area contributed by atoms with Crippen LogP contribution in [-0.4, -0.2) is 0 Å². The van der Waals surface area contributed by atoms with Gasteiger partial charge in [-0.15, -0.1) is 0 Å². The highest BCUT2D eigenvalue weighted by molar-refractivity contribution is 6.13. The van der Waals surface area contributed by atoms with Crippen LogP contribution in [0.5, 0.6) is 0 Å². The molecule has 0 fully saturated rings. The zero-order valence-electron chi connectivity index (χ0n) is 7.74.